The summed E-state index contributed by atoms with van der Waals surface area (Å²) in [6, 6.07) is 15.3. The Morgan fingerprint density at radius 1 is 1.09 bits per heavy atom. The van der Waals surface area contributed by atoms with Crippen LogP contribution in [0.1, 0.15) is 5.56 Å². The highest BCUT2D eigenvalue weighted by molar-refractivity contribution is 5.72. The monoisotopic (exact) mass is 443 g/mol. The quantitative estimate of drug-likeness (QED) is 0.446. The first-order chi connectivity index (χ1) is 16.1. The van der Waals surface area contributed by atoms with E-state index < -0.39 is 0 Å². The fourth-order valence-corrected chi connectivity index (χ4v) is 5.16. The molecule has 0 spiro atoms. The van der Waals surface area contributed by atoms with Crippen LogP contribution in [0.25, 0.3) is 28.3 Å². The van der Waals surface area contributed by atoms with E-state index in [0.29, 0.717) is 13.1 Å². The van der Waals surface area contributed by atoms with E-state index in [-0.39, 0.29) is 17.8 Å². The number of rotatable bonds is 4. The Bertz CT molecular complexity index is 1310. The number of fused-ring (bicyclic) bond motifs is 5. The molecule has 0 amide bonds. The number of imidazole rings is 1. The van der Waals surface area contributed by atoms with Gasteiger partial charge in [0.2, 0.25) is 0 Å². The second-order valence-electron chi connectivity index (χ2n) is 8.97. The van der Waals surface area contributed by atoms with Gasteiger partial charge in [-0.15, -0.1) is 0 Å². The summed E-state index contributed by atoms with van der Waals surface area (Å²) in [6.07, 6.45) is 5.61. The van der Waals surface area contributed by atoms with Crippen LogP contribution in [0, 0.1) is 11.7 Å². The highest BCUT2D eigenvalue weighted by Crippen LogP contribution is 2.36. The van der Waals surface area contributed by atoms with Gasteiger partial charge in [-0.3, -0.25) is 4.57 Å². The lowest BCUT2D eigenvalue weighted by molar-refractivity contribution is 0.148. The van der Waals surface area contributed by atoms with Crippen molar-refractivity contribution in [2.75, 3.05) is 31.6 Å². The lowest BCUT2D eigenvalue weighted by atomic mass is 10.1. The standard InChI is InChI=1S/C26H26FN5O/c1-28-12-20-15-30(16-25(20)33)22-6-7-23-19(10-22)14-31-13-18(17-2-4-21(27)5-3-17)11-24(31)26-29-8-9-32(23)26/h2-11,13,20,25,28,33H,12,14-16H2,1H3/t20-,25-/m0/s1. The van der Waals surface area contributed by atoms with Gasteiger partial charge in [0, 0.05) is 61.9 Å². The molecule has 2 aromatic heterocycles. The maximum absolute atomic E-state index is 13.4. The van der Waals surface area contributed by atoms with Crippen molar-refractivity contribution >= 4 is 5.69 Å². The molecule has 33 heavy (non-hydrogen) atoms. The number of hydrogen-bond acceptors (Lipinski definition) is 4. The van der Waals surface area contributed by atoms with E-state index in [9.17, 15) is 9.50 Å². The summed E-state index contributed by atoms with van der Waals surface area (Å²) in [4.78, 5) is 6.92. The van der Waals surface area contributed by atoms with Crippen LogP contribution in [-0.4, -0.2) is 52.0 Å². The molecule has 0 radical (unpaired) electrons. The molecule has 1 saturated heterocycles. The summed E-state index contributed by atoms with van der Waals surface area (Å²) in [5.41, 5.74) is 6.48. The minimum atomic E-state index is -0.328. The maximum atomic E-state index is 13.4. The molecule has 2 aliphatic rings. The zero-order valence-electron chi connectivity index (χ0n) is 18.4. The first-order valence-electron chi connectivity index (χ1n) is 11.3. The van der Waals surface area contributed by atoms with Gasteiger partial charge >= 0.3 is 0 Å². The van der Waals surface area contributed by atoms with E-state index in [1.54, 1.807) is 0 Å². The van der Waals surface area contributed by atoms with Gasteiger partial charge in [-0.1, -0.05) is 12.1 Å². The Kier molecular flexibility index (Phi) is 4.81. The van der Waals surface area contributed by atoms with Crippen molar-refractivity contribution in [3.63, 3.8) is 0 Å². The molecular weight excluding hydrogens is 417 g/mol. The van der Waals surface area contributed by atoms with E-state index in [4.69, 9.17) is 0 Å². The van der Waals surface area contributed by atoms with Crippen LogP contribution in [0.2, 0.25) is 0 Å². The topological polar surface area (TPSA) is 58.2 Å². The Hall–Kier alpha value is -3.42. The molecule has 168 valence electrons. The van der Waals surface area contributed by atoms with Gasteiger partial charge < -0.3 is 19.9 Å². The largest absolute Gasteiger partial charge is 0.391 e. The molecule has 2 N–H and O–H groups in total. The molecule has 1 fully saturated rings. The molecule has 6 nitrogen and oxygen atoms in total. The normalized spacial score (nSPS) is 19.2. The summed E-state index contributed by atoms with van der Waals surface area (Å²) < 4.78 is 17.8. The van der Waals surface area contributed by atoms with Crippen molar-refractivity contribution in [2.45, 2.75) is 12.6 Å². The fourth-order valence-electron chi connectivity index (χ4n) is 5.16. The maximum Gasteiger partial charge on any atom is 0.161 e. The fraction of sp³-hybridized carbons (Fsp3) is 0.269. The molecule has 4 heterocycles. The minimum absolute atomic E-state index is 0.225. The van der Waals surface area contributed by atoms with Crippen LogP contribution in [0.3, 0.4) is 0 Å². The number of halogens is 1. The third-order valence-corrected chi connectivity index (χ3v) is 6.85. The smallest absolute Gasteiger partial charge is 0.161 e. The van der Waals surface area contributed by atoms with E-state index in [1.807, 2.05) is 31.6 Å². The van der Waals surface area contributed by atoms with Crippen LogP contribution in [0.4, 0.5) is 10.1 Å². The predicted molar refractivity (Wildman–Crippen MR) is 127 cm³/mol. The van der Waals surface area contributed by atoms with E-state index in [1.165, 1.54) is 17.7 Å². The number of anilines is 1. The molecule has 0 unspecified atom stereocenters. The number of aromatic nitrogens is 3. The van der Waals surface area contributed by atoms with Crippen LogP contribution in [0.15, 0.2) is 67.1 Å². The number of nitrogens with zero attached hydrogens (tertiary/aromatic N) is 4. The number of aliphatic hydroxyl groups is 1. The molecule has 0 bridgehead atoms. The third-order valence-electron chi connectivity index (χ3n) is 6.85. The van der Waals surface area contributed by atoms with Crippen molar-refractivity contribution in [3.05, 3.63) is 78.5 Å². The number of β-amino-alcohol motifs (C(OH)–C–C–N with tert-alkyl or cyclic N) is 1. The average molecular weight is 444 g/mol. The lowest BCUT2D eigenvalue weighted by Gasteiger charge is -2.21. The molecule has 2 aliphatic heterocycles. The van der Waals surface area contributed by atoms with Crippen molar-refractivity contribution in [1.82, 2.24) is 19.4 Å². The summed E-state index contributed by atoms with van der Waals surface area (Å²) in [5, 5.41) is 13.7. The molecular formula is C26H26FN5O. The van der Waals surface area contributed by atoms with Gasteiger partial charge in [0.25, 0.3) is 0 Å². The molecule has 6 rings (SSSR count). The van der Waals surface area contributed by atoms with Crippen LogP contribution in [-0.2, 0) is 6.54 Å². The summed E-state index contributed by atoms with van der Waals surface area (Å²) in [5.74, 6) is 0.879. The van der Waals surface area contributed by atoms with Gasteiger partial charge in [0.05, 0.1) is 17.5 Å². The molecule has 2 atom stereocenters. The average Bonchev–Trinajstić information content (AvgIpc) is 3.52. The number of nitrogens with one attached hydrogen (secondary N) is 1. The molecule has 2 aromatic carbocycles. The van der Waals surface area contributed by atoms with Crippen LogP contribution in [0.5, 0.6) is 0 Å². The molecule has 4 aromatic rings. The van der Waals surface area contributed by atoms with E-state index in [0.717, 1.165) is 47.1 Å². The zero-order valence-corrected chi connectivity index (χ0v) is 18.4. The first kappa shape index (κ1) is 20.2. The van der Waals surface area contributed by atoms with Gasteiger partial charge in [-0.25, -0.2) is 9.37 Å². The second-order valence-corrected chi connectivity index (χ2v) is 8.97. The van der Waals surface area contributed by atoms with E-state index in [2.05, 4.69) is 54.8 Å². The van der Waals surface area contributed by atoms with Crippen LogP contribution < -0.4 is 10.2 Å². The summed E-state index contributed by atoms with van der Waals surface area (Å²) >= 11 is 0. The molecule has 7 heteroatoms. The number of aliphatic hydroxyl groups excluding tert-OH is 1. The van der Waals surface area contributed by atoms with Gasteiger partial charge in [0.15, 0.2) is 5.82 Å². The van der Waals surface area contributed by atoms with E-state index >= 15 is 0 Å². The Labute approximate surface area is 191 Å². The summed E-state index contributed by atoms with van der Waals surface area (Å²) in [6.45, 7) is 2.99. The van der Waals surface area contributed by atoms with Crippen molar-refractivity contribution in [3.8, 4) is 28.3 Å². The Morgan fingerprint density at radius 2 is 1.94 bits per heavy atom. The van der Waals surface area contributed by atoms with Gasteiger partial charge in [0.1, 0.15) is 5.82 Å². The second kappa shape index (κ2) is 7.86. The predicted octanol–water partition coefficient (Wildman–Crippen LogP) is 3.53. The number of benzene rings is 2. The molecule has 0 aliphatic carbocycles. The van der Waals surface area contributed by atoms with Crippen LogP contribution >= 0.6 is 0 Å². The first-order valence-corrected chi connectivity index (χ1v) is 11.3. The lowest BCUT2D eigenvalue weighted by Crippen LogP contribution is -2.28. The Balaban J connectivity index is 1.39. The highest BCUT2D eigenvalue weighted by Gasteiger charge is 2.31. The highest BCUT2D eigenvalue weighted by atomic mass is 19.1. The van der Waals surface area contributed by atoms with Gasteiger partial charge in [-0.05, 0) is 54.6 Å². The minimum Gasteiger partial charge on any atom is -0.391 e. The zero-order chi connectivity index (χ0) is 22.5. The van der Waals surface area contributed by atoms with Crippen molar-refractivity contribution in [1.29, 1.82) is 0 Å². The summed E-state index contributed by atoms with van der Waals surface area (Å²) in [7, 11) is 1.93. The number of hydrogen-bond donors (Lipinski definition) is 2. The third kappa shape index (κ3) is 3.44. The SMILES string of the molecule is CNC[C@H]1CN(c2ccc3c(c2)Cn2cc(-c4ccc(F)cc4)cc2-c2nccn2-3)C[C@@H]1O. The molecule has 0 saturated carbocycles. The van der Waals surface area contributed by atoms with Crippen molar-refractivity contribution < 1.29 is 9.50 Å². The Morgan fingerprint density at radius 3 is 2.76 bits per heavy atom. The van der Waals surface area contributed by atoms with Gasteiger partial charge in [-0.2, -0.15) is 0 Å². The van der Waals surface area contributed by atoms with Crippen molar-refractivity contribution in [2.24, 2.45) is 5.92 Å².